The van der Waals surface area contributed by atoms with Crippen LogP contribution in [-0.4, -0.2) is 10.8 Å². The van der Waals surface area contributed by atoms with E-state index >= 15 is 0 Å². The lowest BCUT2D eigenvalue weighted by Gasteiger charge is -2.15. The van der Waals surface area contributed by atoms with E-state index in [9.17, 15) is 4.79 Å². The number of hydrogen-bond acceptors (Lipinski definition) is 4. The van der Waals surface area contributed by atoms with Crippen LogP contribution in [0.5, 0.6) is 0 Å². The van der Waals surface area contributed by atoms with Crippen LogP contribution in [0.2, 0.25) is 0 Å². The van der Waals surface area contributed by atoms with Gasteiger partial charge in [-0.15, -0.1) is 0 Å². The second-order valence-corrected chi connectivity index (χ2v) is 4.48. The van der Waals surface area contributed by atoms with E-state index in [0.29, 0.717) is 11.3 Å². The van der Waals surface area contributed by atoms with Gasteiger partial charge in [0.2, 0.25) is 0 Å². The van der Waals surface area contributed by atoms with Gasteiger partial charge in [-0.05, 0) is 44.2 Å². The number of ketones is 1. The molecule has 4 nitrogen and oxygen atoms in total. The Bertz CT molecular complexity index is 581. The molecule has 0 aliphatic rings. The highest BCUT2D eigenvalue weighted by Crippen LogP contribution is 2.22. The fourth-order valence-electron chi connectivity index (χ4n) is 1.93. The second kappa shape index (κ2) is 5.52. The summed E-state index contributed by atoms with van der Waals surface area (Å²) in [6, 6.07) is 11.2. The van der Waals surface area contributed by atoms with Gasteiger partial charge in [0.1, 0.15) is 0 Å². The monoisotopic (exact) mass is 255 g/mol. The van der Waals surface area contributed by atoms with Gasteiger partial charge >= 0.3 is 0 Å². The Kier molecular flexibility index (Phi) is 3.80. The highest BCUT2D eigenvalue weighted by atomic mass is 16.1. The Hall–Kier alpha value is -2.36. The van der Waals surface area contributed by atoms with E-state index in [1.165, 1.54) is 6.92 Å². The minimum Gasteiger partial charge on any atom is -0.398 e. The number of benzene rings is 1. The molecule has 1 unspecified atom stereocenters. The zero-order chi connectivity index (χ0) is 13.8. The van der Waals surface area contributed by atoms with Crippen LogP contribution >= 0.6 is 0 Å². The number of Topliss-reactive ketones (excluding diaryl/α,β-unsaturated/α-hetero) is 1. The fourth-order valence-corrected chi connectivity index (χ4v) is 1.93. The number of nitrogens with one attached hydrogen (secondary N) is 1. The number of nitrogen functional groups attached to an aromatic ring is 1. The Morgan fingerprint density at radius 2 is 2.11 bits per heavy atom. The molecule has 1 aromatic heterocycles. The van der Waals surface area contributed by atoms with Gasteiger partial charge in [0.05, 0.1) is 11.7 Å². The molecule has 0 saturated heterocycles. The van der Waals surface area contributed by atoms with Crippen LogP contribution in [0.15, 0.2) is 42.6 Å². The van der Waals surface area contributed by atoms with E-state index in [1.807, 2.05) is 31.2 Å². The lowest BCUT2D eigenvalue weighted by molar-refractivity contribution is 0.101. The average Bonchev–Trinajstić information content (AvgIpc) is 2.39. The summed E-state index contributed by atoms with van der Waals surface area (Å²) in [4.78, 5) is 15.6. The number of nitrogens with zero attached hydrogens (tertiary/aromatic N) is 1. The van der Waals surface area contributed by atoms with Crippen molar-refractivity contribution in [2.75, 3.05) is 11.1 Å². The molecule has 2 rings (SSSR count). The zero-order valence-electron chi connectivity index (χ0n) is 11.1. The lowest BCUT2D eigenvalue weighted by Crippen LogP contribution is -2.09. The summed E-state index contributed by atoms with van der Waals surface area (Å²) in [5.74, 6) is -0.0261. The molecule has 98 valence electrons. The zero-order valence-corrected chi connectivity index (χ0v) is 11.1. The number of carbonyl (C=O) groups excluding carboxylic acids is 1. The summed E-state index contributed by atoms with van der Waals surface area (Å²) in [6.07, 6.45) is 1.76. The molecule has 0 amide bonds. The number of carbonyl (C=O) groups is 1. The van der Waals surface area contributed by atoms with E-state index in [2.05, 4.69) is 10.3 Å². The average molecular weight is 255 g/mol. The molecule has 1 atom stereocenters. The third-order valence-electron chi connectivity index (χ3n) is 2.95. The van der Waals surface area contributed by atoms with E-state index in [1.54, 1.807) is 18.3 Å². The molecular formula is C15H17N3O. The van der Waals surface area contributed by atoms with Gasteiger partial charge in [-0.3, -0.25) is 9.78 Å². The number of nitrogens with two attached hydrogens (primary N) is 1. The Morgan fingerprint density at radius 3 is 2.68 bits per heavy atom. The normalized spacial score (nSPS) is 11.9. The number of pyridine rings is 1. The molecule has 3 N–H and O–H groups in total. The number of rotatable bonds is 4. The van der Waals surface area contributed by atoms with Crippen LogP contribution in [-0.2, 0) is 0 Å². The molecule has 0 aliphatic heterocycles. The van der Waals surface area contributed by atoms with Crippen LogP contribution in [0.1, 0.15) is 35.9 Å². The molecule has 0 radical (unpaired) electrons. The quantitative estimate of drug-likeness (QED) is 0.651. The summed E-state index contributed by atoms with van der Waals surface area (Å²) in [7, 11) is 0. The first-order valence-corrected chi connectivity index (χ1v) is 6.16. The predicted molar refractivity (Wildman–Crippen MR) is 77.1 cm³/mol. The Morgan fingerprint density at radius 1 is 1.32 bits per heavy atom. The van der Waals surface area contributed by atoms with Crippen molar-refractivity contribution in [3.8, 4) is 0 Å². The standard InChI is InChI=1S/C15H17N3O/c1-10(15-5-3-4-8-17-15)18-12-6-7-13(11(2)19)14(16)9-12/h3-10,18H,16H2,1-2H3. The van der Waals surface area contributed by atoms with E-state index in [4.69, 9.17) is 5.73 Å². The molecule has 4 heteroatoms. The summed E-state index contributed by atoms with van der Waals surface area (Å²) in [5.41, 5.74) is 8.73. The van der Waals surface area contributed by atoms with Crippen LogP contribution in [0, 0.1) is 0 Å². The Balaban J connectivity index is 2.16. The van der Waals surface area contributed by atoms with Crippen molar-refractivity contribution >= 4 is 17.2 Å². The molecule has 1 heterocycles. The van der Waals surface area contributed by atoms with Crippen molar-refractivity contribution < 1.29 is 4.79 Å². The van der Waals surface area contributed by atoms with Gasteiger partial charge in [0.15, 0.2) is 5.78 Å². The van der Waals surface area contributed by atoms with Gasteiger partial charge in [0.25, 0.3) is 0 Å². The molecule has 0 fully saturated rings. The maximum atomic E-state index is 11.3. The molecule has 1 aromatic carbocycles. The highest BCUT2D eigenvalue weighted by Gasteiger charge is 2.09. The van der Waals surface area contributed by atoms with E-state index < -0.39 is 0 Å². The minimum atomic E-state index is -0.0261. The molecule has 0 bridgehead atoms. The van der Waals surface area contributed by atoms with Gasteiger partial charge in [-0.25, -0.2) is 0 Å². The molecule has 0 aliphatic carbocycles. The van der Waals surface area contributed by atoms with Crippen molar-refractivity contribution in [1.82, 2.24) is 4.98 Å². The van der Waals surface area contributed by atoms with Crippen LogP contribution in [0.25, 0.3) is 0 Å². The van der Waals surface area contributed by atoms with Crippen molar-refractivity contribution in [3.63, 3.8) is 0 Å². The van der Waals surface area contributed by atoms with Crippen LogP contribution in [0.4, 0.5) is 11.4 Å². The van der Waals surface area contributed by atoms with Crippen LogP contribution < -0.4 is 11.1 Å². The van der Waals surface area contributed by atoms with E-state index in [0.717, 1.165) is 11.4 Å². The predicted octanol–water partition coefficient (Wildman–Crippen LogP) is 3.04. The smallest absolute Gasteiger partial charge is 0.161 e. The first kappa shape index (κ1) is 13.1. The third-order valence-corrected chi connectivity index (χ3v) is 2.95. The minimum absolute atomic E-state index is 0.0261. The summed E-state index contributed by atoms with van der Waals surface area (Å²) in [6.45, 7) is 3.53. The van der Waals surface area contributed by atoms with Crippen molar-refractivity contribution in [3.05, 3.63) is 53.9 Å². The van der Waals surface area contributed by atoms with Crippen molar-refractivity contribution in [1.29, 1.82) is 0 Å². The largest absolute Gasteiger partial charge is 0.398 e. The fraction of sp³-hybridized carbons (Fsp3) is 0.200. The molecule has 2 aromatic rings. The lowest BCUT2D eigenvalue weighted by atomic mass is 10.1. The molecule has 19 heavy (non-hydrogen) atoms. The van der Waals surface area contributed by atoms with Crippen LogP contribution in [0.3, 0.4) is 0 Å². The Labute approximate surface area is 112 Å². The number of aromatic nitrogens is 1. The van der Waals surface area contributed by atoms with Gasteiger partial charge in [-0.1, -0.05) is 6.07 Å². The number of hydrogen-bond donors (Lipinski definition) is 2. The molecule has 0 saturated carbocycles. The van der Waals surface area contributed by atoms with E-state index in [-0.39, 0.29) is 11.8 Å². The molecular weight excluding hydrogens is 238 g/mol. The first-order valence-electron chi connectivity index (χ1n) is 6.16. The molecule has 0 spiro atoms. The topological polar surface area (TPSA) is 68.0 Å². The third kappa shape index (κ3) is 3.10. The summed E-state index contributed by atoms with van der Waals surface area (Å²) < 4.78 is 0. The van der Waals surface area contributed by atoms with Crippen molar-refractivity contribution in [2.45, 2.75) is 19.9 Å². The highest BCUT2D eigenvalue weighted by molar-refractivity contribution is 5.99. The van der Waals surface area contributed by atoms with Crippen molar-refractivity contribution in [2.24, 2.45) is 0 Å². The summed E-state index contributed by atoms with van der Waals surface area (Å²) >= 11 is 0. The van der Waals surface area contributed by atoms with Gasteiger partial charge < -0.3 is 11.1 Å². The SMILES string of the molecule is CC(=O)c1ccc(NC(C)c2ccccn2)cc1N. The maximum Gasteiger partial charge on any atom is 0.161 e. The first-order chi connectivity index (χ1) is 9.08. The van der Waals surface area contributed by atoms with Gasteiger partial charge in [0, 0.05) is 23.1 Å². The van der Waals surface area contributed by atoms with Gasteiger partial charge in [-0.2, -0.15) is 0 Å². The second-order valence-electron chi connectivity index (χ2n) is 4.48. The maximum absolute atomic E-state index is 11.3. The summed E-state index contributed by atoms with van der Waals surface area (Å²) in [5, 5.41) is 3.31. The number of anilines is 2.